The van der Waals surface area contributed by atoms with E-state index in [0.717, 1.165) is 44.9 Å². The summed E-state index contributed by atoms with van der Waals surface area (Å²) in [6, 6.07) is -0.869. The van der Waals surface area contributed by atoms with Gasteiger partial charge in [-0.1, -0.05) is 141 Å². The van der Waals surface area contributed by atoms with E-state index in [1.807, 2.05) is 0 Å². The van der Waals surface area contributed by atoms with Gasteiger partial charge in [0.1, 0.15) is 12.1 Å². The molecular formula is C43H80N2O5. The Morgan fingerprint density at radius 3 is 1.56 bits per heavy atom. The van der Waals surface area contributed by atoms with Crippen molar-refractivity contribution < 1.29 is 24.2 Å². The molecule has 2 atom stereocenters. The molecule has 7 nitrogen and oxygen atoms in total. The maximum absolute atomic E-state index is 12.7. The number of nitrogens with two attached hydrogens (primary N) is 1. The Morgan fingerprint density at radius 1 is 0.580 bits per heavy atom. The lowest BCUT2D eigenvalue weighted by molar-refractivity contribution is -0.147. The highest BCUT2D eigenvalue weighted by Crippen LogP contribution is 2.16. The third-order valence-electron chi connectivity index (χ3n) is 9.47. The summed E-state index contributed by atoms with van der Waals surface area (Å²) in [6.45, 7) is 4.91. The molecule has 0 aromatic rings. The number of carbonyl (C=O) groups is 3. The van der Waals surface area contributed by atoms with E-state index in [1.165, 1.54) is 122 Å². The number of hydrogen-bond donors (Lipinski definition) is 3. The van der Waals surface area contributed by atoms with Crippen LogP contribution in [-0.4, -0.2) is 41.6 Å². The molecule has 0 aliphatic heterocycles. The summed E-state index contributed by atoms with van der Waals surface area (Å²) in [7, 11) is 0. The average molecular weight is 705 g/mol. The van der Waals surface area contributed by atoms with E-state index < -0.39 is 12.0 Å². The van der Waals surface area contributed by atoms with Crippen LogP contribution in [0, 0.1) is 0 Å². The number of ether oxygens (including phenoxy) is 1. The highest BCUT2D eigenvalue weighted by atomic mass is 16.5. The van der Waals surface area contributed by atoms with Crippen molar-refractivity contribution in [3.8, 4) is 0 Å². The Balaban J connectivity index is 4.17. The predicted octanol–water partition coefficient (Wildman–Crippen LogP) is 11.7. The predicted molar refractivity (Wildman–Crippen MR) is 211 cm³/mol. The Kier molecular flexibility index (Phi) is 36.5. The monoisotopic (exact) mass is 705 g/mol. The zero-order valence-electron chi connectivity index (χ0n) is 32.7. The molecule has 0 fully saturated rings. The van der Waals surface area contributed by atoms with Gasteiger partial charge in [0.25, 0.3) is 0 Å². The molecule has 0 saturated heterocycles. The van der Waals surface area contributed by atoms with Crippen LogP contribution in [0.1, 0.15) is 213 Å². The van der Waals surface area contributed by atoms with Gasteiger partial charge in [-0.15, -0.1) is 0 Å². The largest absolute Gasteiger partial charge is 0.480 e. The molecule has 4 N–H and O–H groups in total. The minimum atomic E-state index is -1.01. The third kappa shape index (κ3) is 34.3. The first-order valence-corrected chi connectivity index (χ1v) is 21.2. The Labute approximate surface area is 308 Å². The molecule has 0 saturated carbocycles. The van der Waals surface area contributed by atoms with Crippen molar-refractivity contribution in [3.05, 3.63) is 24.3 Å². The quantitative estimate of drug-likeness (QED) is 0.0334. The van der Waals surface area contributed by atoms with Crippen molar-refractivity contribution in [2.45, 2.75) is 225 Å². The molecule has 292 valence electrons. The standard InChI is InChI=1S/C43H80N2O5/c1-3-5-7-9-11-12-13-14-15-16-17-18-19-20-21-23-25-31-37-42(47)50-39(33-28-24-22-10-8-6-4-2)34-29-26-27-30-36-41(46)45-40(43(48)49)35-32-38-44/h15-16,28,33,39-40H,3-14,17-27,29-32,34-38,44H2,1-2H3,(H,45,46)(H,48,49)/b16-15-,33-28-. The number of allylic oxidation sites excluding steroid dienone is 3. The summed E-state index contributed by atoms with van der Waals surface area (Å²) >= 11 is 0. The van der Waals surface area contributed by atoms with E-state index in [9.17, 15) is 19.5 Å². The molecule has 0 radical (unpaired) electrons. The fourth-order valence-corrected chi connectivity index (χ4v) is 6.24. The first-order chi connectivity index (χ1) is 24.4. The number of nitrogens with one attached hydrogen (secondary N) is 1. The molecule has 0 aromatic carbocycles. The lowest BCUT2D eigenvalue weighted by Gasteiger charge is -2.15. The topological polar surface area (TPSA) is 119 Å². The summed E-state index contributed by atoms with van der Waals surface area (Å²) in [6.07, 6.45) is 42.4. The van der Waals surface area contributed by atoms with E-state index in [0.29, 0.717) is 38.6 Å². The van der Waals surface area contributed by atoms with Gasteiger partial charge in [-0.3, -0.25) is 9.59 Å². The van der Waals surface area contributed by atoms with Crippen LogP contribution in [0.4, 0.5) is 0 Å². The average Bonchev–Trinajstić information content (AvgIpc) is 3.10. The van der Waals surface area contributed by atoms with Crippen molar-refractivity contribution in [2.75, 3.05) is 6.54 Å². The molecule has 50 heavy (non-hydrogen) atoms. The fraction of sp³-hybridized carbons (Fsp3) is 0.837. The van der Waals surface area contributed by atoms with Crippen LogP contribution in [0.2, 0.25) is 0 Å². The van der Waals surface area contributed by atoms with Gasteiger partial charge in [0, 0.05) is 12.8 Å². The zero-order valence-corrected chi connectivity index (χ0v) is 32.7. The number of hydrogen-bond acceptors (Lipinski definition) is 5. The van der Waals surface area contributed by atoms with Crippen LogP contribution < -0.4 is 11.1 Å². The second-order valence-electron chi connectivity index (χ2n) is 14.4. The minimum absolute atomic E-state index is 0.0924. The fourth-order valence-electron chi connectivity index (χ4n) is 6.24. The maximum Gasteiger partial charge on any atom is 0.326 e. The van der Waals surface area contributed by atoms with Crippen LogP contribution in [0.25, 0.3) is 0 Å². The number of aliphatic carboxylic acids is 1. The summed E-state index contributed by atoms with van der Waals surface area (Å²) in [5.41, 5.74) is 5.48. The summed E-state index contributed by atoms with van der Waals surface area (Å²) in [4.78, 5) is 36.2. The molecule has 1 amide bonds. The smallest absolute Gasteiger partial charge is 0.326 e. The van der Waals surface area contributed by atoms with Gasteiger partial charge < -0.3 is 20.9 Å². The van der Waals surface area contributed by atoms with E-state index >= 15 is 0 Å². The minimum Gasteiger partial charge on any atom is -0.480 e. The van der Waals surface area contributed by atoms with Crippen LogP contribution in [-0.2, 0) is 19.1 Å². The Hall–Kier alpha value is -2.15. The number of carboxylic acid groups (broad SMARTS) is 1. The molecule has 2 unspecified atom stereocenters. The molecule has 0 aromatic heterocycles. The zero-order chi connectivity index (χ0) is 36.8. The molecule has 0 rings (SSSR count). The SMILES string of the molecule is CCCCCCC/C=C\C(CCCCCCC(=O)NC(CCCN)C(=O)O)OC(=O)CCCCCCCCC/C=C\CCCCCCCCC. The highest BCUT2D eigenvalue weighted by molar-refractivity contribution is 5.83. The number of rotatable bonds is 38. The first kappa shape index (κ1) is 47.8. The number of unbranched alkanes of at least 4 members (excludes halogenated alkanes) is 22. The van der Waals surface area contributed by atoms with Gasteiger partial charge in [0.15, 0.2) is 0 Å². The number of amides is 1. The lowest BCUT2D eigenvalue weighted by Crippen LogP contribution is -2.40. The number of esters is 1. The van der Waals surface area contributed by atoms with Crippen LogP contribution in [0.15, 0.2) is 24.3 Å². The van der Waals surface area contributed by atoms with Gasteiger partial charge in [-0.2, -0.15) is 0 Å². The van der Waals surface area contributed by atoms with Gasteiger partial charge in [0.2, 0.25) is 5.91 Å². The van der Waals surface area contributed by atoms with Crippen molar-refractivity contribution in [3.63, 3.8) is 0 Å². The second kappa shape index (κ2) is 38.1. The van der Waals surface area contributed by atoms with Crippen LogP contribution in [0.3, 0.4) is 0 Å². The van der Waals surface area contributed by atoms with Crippen LogP contribution in [0.5, 0.6) is 0 Å². The summed E-state index contributed by atoms with van der Waals surface area (Å²) in [5.74, 6) is -1.33. The second-order valence-corrected chi connectivity index (χ2v) is 14.4. The first-order valence-electron chi connectivity index (χ1n) is 21.2. The molecular weight excluding hydrogens is 624 g/mol. The number of carbonyl (C=O) groups excluding carboxylic acids is 2. The normalized spacial score (nSPS) is 12.9. The molecule has 0 spiro atoms. The summed E-state index contributed by atoms with van der Waals surface area (Å²) in [5, 5.41) is 11.9. The maximum atomic E-state index is 12.7. The van der Waals surface area contributed by atoms with Gasteiger partial charge in [0.05, 0.1) is 0 Å². The van der Waals surface area contributed by atoms with Gasteiger partial charge in [-0.25, -0.2) is 4.79 Å². The van der Waals surface area contributed by atoms with Crippen molar-refractivity contribution in [1.29, 1.82) is 0 Å². The van der Waals surface area contributed by atoms with Gasteiger partial charge >= 0.3 is 11.9 Å². The van der Waals surface area contributed by atoms with Crippen molar-refractivity contribution in [2.24, 2.45) is 5.73 Å². The lowest BCUT2D eigenvalue weighted by atomic mass is 10.1. The number of carboxylic acids is 1. The van der Waals surface area contributed by atoms with Gasteiger partial charge in [-0.05, 0) is 89.7 Å². The Bertz CT molecular complexity index is 843. The Morgan fingerprint density at radius 2 is 1.04 bits per heavy atom. The van der Waals surface area contributed by atoms with Crippen molar-refractivity contribution >= 4 is 17.8 Å². The summed E-state index contributed by atoms with van der Waals surface area (Å²) < 4.78 is 5.91. The van der Waals surface area contributed by atoms with Crippen molar-refractivity contribution in [1.82, 2.24) is 5.32 Å². The van der Waals surface area contributed by atoms with E-state index in [2.05, 4.69) is 43.5 Å². The van der Waals surface area contributed by atoms with E-state index in [-0.39, 0.29) is 18.0 Å². The third-order valence-corrected chi connectivity index (χ3v) is 9.47. The molecule has 0 bridgehead atoms. The molecule has 7 heteroatoms. The highest BCUT2D eigenvalue weighted by Gasteiger charge is 2.19. The molecule has 0 aliphatic rings. The van der Waals surface area contributed by atoms with Crippen LogP contribution >= 0.6 is 0 Å². The van der Waals surface area contributed by atoms with E-state index in [1.54, 1.807) is 0 Å². The molecule has 0 aliphatic carbocycles. The molecule has 0 heterocycles. The van der Waals surface area contributed by atoms with E-state index in [4.69, 9.17) is 10.5 Å².